The Morgan fingerprint density at radius 3 is 1.92 bits per heavy atom. The molecule has 1 aliphatic rings. The van der Waals surface area contributed by atoms with Gasteiger partial charge < -0.3 is 34.5 Å². The third-order valence-electron chi connectivity index (χ3n) is 3.77. The second-order valence-corrected chi connectivity index (χ2v) is 9.16. The Hall–Kier alpha value is -0.840. The quantitative estimate of drug-likeness (QED) is 0.257. The molecule has 0 aromatic carbocycles. The lowest BCUT2D eigenvalue weighted by Gasteiger charge is -2.38. The summed E-state index contributed by atoms with van der Waals surface area (Å²) >= 11 is 0. The Morgan fingerprint density at radius 2 is 1.58 bits per heavy atom. The zero-order valence-electron chi connectivity index (χ0n) is 12.4. The monoisotopic (exact) mass is 391 g/mol. The van der Waals surface area contributed by atoms with Crippen molar-refractivity contribution in [3.05, 3.63) is 0 Å². The first-order chi connectivity index (χ1) is 10.8. The molecule has 1 aliphatic heterocycles. The second-order valence-electron chi connectivity index (χ2n) is 5.42. The van der Waals surface area contributed by atoms with Gasteiger partial charge in [0.05, 0.1) is 13.2 Å². The number of carbonyl (C=O) groups is 2. The lowest BCUT2D eigenvalue weighted by atomic mass is 10.0. The van der Waals surface area contributed by atoms with Crippen molar-refractivity contribution in [2.24, 2.45) is 0 Å². The standard InChI is InChI=1S/C10H19NO11P2/c12-8(13)7(23(16,17)18)5-10(9(14)15,24(19,20)21)6-11-1-3-22-4-2-11/h7H,1-6H2,(H,12,13)(H,14,15)(H2,16,17,18)(H2,19,20,21). The van der Waals surface area contributed by atoms with Crippen molar-refractivity contribution in [1.29, 1.82) is 0 Å². The Labute approximate surface area is 136 Å². The number of nitrogens with zero attached hydrogens (tertiary/aromatic N) is 1. The molecule has 0 saturated carbocycles. The van der Waals surface area contributed by atoms with Crippen molar-refractivity contribution >= 4 is 27.1 Å². The minimum absolute atomic E-state index is 0.142. The van der Waals surface area contributed by atoms with Crippen molar-refractivity contribution in [3.63, 3.8) is 0 Å². The van der Waals surface area contributed by atoms with E-state index in [0.29, 0.717) is 0 Å². The summed E-state index contributed by atoms with van der Waals surface area (Å²) in [6.07, 6.45) is -1.41. The SMILES string of the molecule is O=C(O)C(CC(CN1CCOCC1)(C(=O)O)P(=O)(O)O)P(=O)(O)O. The highest BCUT2D eigenvalue weighted by molar-refractivity contribution is 7.55. The molecule has 2 atom stereocenters. The van der Waals surface area contributed by atoms with Gasteiger partial charge in [-0.3, -0.25) is 23.6 Å². The lowest BCUT2D eigenvalue weighted by molar-refractivity contribution is -0.142. The van der Waals surface area contributed by atoms with E-state index in [2.05, 4.69) is 0 Å². The third-order valence-corrected chi connectivity index (χ3v) is 6.61. The van der Waals surface area contributed by atoms with Gasteiger partial charge in [0.25, 0.3) is 0 Å². The van der Waals surface area contributed by atoms with Gasteiger partial charge in [-0.2, -0.15) is 0 Å². The molecule has 24 heavy (non-hydrogen) atoms. The summed E-state index contributed by atoms with van der Waals surface area (Å²) < 4.78 is 28.2. The molecule has 12 nitrogen and oxygen atoms in total. The molecule has 1 heterocycles. The van der Waals surface area contributed by atoms with E-state index in [1.807, 2.05) is 0 Å². The van der Waals surface area contributed by atoms with Crippen LogP contribution in [0.1, 0.15) is 6.42 Å². The normalized spacial score (nSPS) is 21.0. The number of carboxylic acids is 2. The third kappa shape index (κ3) is 4.84. The number of aliphatic carboxylic acids is 2. The number of carboxylic acid groups (broad SMARTS) is 2. The minimum Gasteiger partial charge on any atom is -0.481 e. The van der Waals surface area contributed by atoms with Crippen LogP contribution in [0.5, 0.6) is 0 Å². The van der Waals surface area contributed by atoms with Crippen LogP contribution in [0, 0.1) is 0 Å². The van der Waals surface area contributed by atoms with Gasteiger partial charge in [0.2, 0.25) is 0 Å². The van der Waals surface area contributed by atoms with Crippen molar-refractivity contribution in [3.8, 4) is 0 Å². The van der Waals surface area contributed by atoms with Gasteiger partial charge in [-0.25, -0.2) is 0 Å². The van der Waals surface area contributed by atoms with E-state index in [9.17, 15) is 33.6 Å². The fourth-order valence-corrected chi connectivity index (χ4v) is 4.39. The first-order valence-electron chi connectivity index (χ1n) is 6.68. The zero-order chi connectivity index (χ0) is 18.8. The summed E-state index contributed by atoms with van der Waals surface area (Å²) in [7, 11) is -10.8. The number of morpholine rings is 1. The Kier molecular flexibility index (Phi) is 6.70. The number of hydrogen-bond donors (Lipinski definition) is 6. The molecule has 0 aromatic rings. The van der Waals surface area contributed by atoms with Crippen molar-refractivity contribution in [1.82, 2.24) is 4.90 Å². The average molecular weight is 391 g/mol. The van der Waals surface area contributed by atoms with Crippen LogP contribution < -0.4 is 0 Å². The van der Waals surface area contributed by atoms with Gasteiger partial charge in [0, 0.05) is 26.1 Å². The first kappa shape index (κ1) is 21.2. The Balaban J connectivity index is 3.30. The van der Waals surface area contributed by atoms with Crippen LogP contribution in [-0.2, 0) is 23.5 Å². The fourth-order valence-electron chi connectivity index (χ4n) is 2.35. The summed E-state index contributed by atoms with van der Waals surface area (Å²) in [4.78, 5) is 61.4. The van der Waals surface area contributed by atoms with Crippen LogP contribution in [-0.4, -0.2) is 90.3 Å². The predicted octanol–water partition coefficient (Wildman–Crippen LogP) is -1.66. The molecule has 1 rings (SSSR count). The summed E-state index contributed by atoms with van der Waals surface area (Å²) in [5.74, 6) is -4.06. The van der Waals surface area contributed by atoms with Gasteiger partial charge in [-0.15, -0.1) is 0 Å². The fraction of sp³-hybridized carbons (Fsp3) is 0.800. The molecule has 0 aliphatic carbocycles. The molecular formula is C10H19NO11P2. The van der Waals surface area contributed by atoms with E-state index in [1.165, 1.54) is 4.90 Å². The van der Waals surface area contributed by atoms with Gasteiger partial charge in [-0.05, 0) is 0 Å². The summed E-state index contributed by atoms with van der Waals surface area (Å²) in [6.45, 7) is -0.124. The van der Waals surface area contributed by atoms with Gasteiger partial charge in [0.15, 0.2) is 10.8 Å². The van der Waals surface area contributed by atoms with E-state index >= 15 is 0 Å². The molecule has 1 saturated heterocycles. The van der Waals surface area contributed by atoms with E-state index in [1.54, 1.807) is 0 Å². The number of hydrogen-bond acceptors (Lipinski definition) is 6. The molecule has 1 fully saturated rings. The Morgan fingerprint density at radius 1 is 1.08 bits per heavy atom. The highest BCUT2D eigenvalue weighted by atomic mass is 31.2. The molecule has 0 radical (unpaired) electrons. The van der Waals surface area contributed by atoms with Crippen LogP contribution in [0.25, 0.3) is 0 Å². The maximum Gasteiger partial charge on any atom is 0.344 e. The molecular weight excluding hydrogens is 372 g/mol. The van der Waals surface area contributed by atoms with Gasteiger partial charge in [0.1, 0.15) is 0 Å². The van der Waals surface area contributed by atoms with E-state index < -0.39 is 50.9 Å². The highest BCUT2D eigenvalue weighted by Crippen LogP contribution is 2.57. The molecule has 0 amide bonds. The average Bonchev–Trinajstić information content (AvgIpc) is 2.40. The lowest BCUT2D eigenvalue weighted by Crippen LogP contribution is -2.53. The van der Waals surface area contributed by atoms with E-state index in [4.69, 9.17) is 19.6 Å². The van der Waals surface area contributed by atoms with Crippen LogP contribution in [0.4, 0.5) is 0 Å². The first-order valence-corrected chi connectivity index (χ1v) is 9.98. The maximum absolute atomic E-state index is 11.9. The Bertz CT molecular complexity index is 577. The number of ether oxygens (including phenoxy) is 1. The molecule has 6 N–H and O–H groups in total. The summed E-state index contributed by atoms with van der Waals surface area (Å²) in [5.41, 5.74) is -2.55. The summed E-state index contributed by atoms with van der Waals surface area (Å²) in [5, 5.41) is 15.4. The zero-order valence-corrected chi connectivity index (χ0v) is 14.2. The molecule has 2 unspecified atom stereocenters. The largest absolute Gasteiger partial charge is 0.481 e. The number of rotatable bonds is 8. The minimum atomic E-state index is -5.48. The molecule has 140 valence electrons. The van der Waals surface area contributed by atoms with Gasteiger partial charge in [-0.1, -0.05) is 0 Å². The van der Waals surface area contributed by atoms with Crippen LogP contribution in [0.15, 0.2) is 0 Å². The molecule has 14 heteroatoms. The van der Waals surface area contributed by atoms with Crippen LogP contribution in [0.3, 0.4) is 0 Å². The van der Waals surface area contributed by atoms with Crippen molar-refractivity contribution in [2.45, 2.75) is 17.2 Å². The van der Waals surface area contributed by atoms with E-state index in [0.717, 1.165) is 0 Å². The smallest absolute Gasteiger partial charge is 0.344 e. The van der Waals surface area contributed by atoms with E-state index in [-0.39, 0.29) is 26.3 Å². The maximum atomic E-state index is 11.9. The highest BCUT2D eigenvalue weighted by Gasteiger charge is 2.59. The molecule has 0 aromatic heterocycles. The van der Waals surface area contributed by atoms with Gasteiger partial charge >= 0.3 is 27.1 Å². The van der Waals surface area contributed by atoms with Crippen LogP contribution in [0.2, 0.25) is 0 Å². The van der Waals surface area contributed by atoms with Crippen molar-refractivity contribution < 1.29 is 53.2 Å². The topological polar surface area (TPSA) is 202 Å². The molecule has 0 spiro atoms. The predicted molar refractivity (Wildman–Crippen MR) is 77.8 cm³/mol. The van der Waals surface area contributed by atoms with Crippen molar-refractivity contribution in [2.75, 3.05) is 32.8 Å². The summed E-state index contributed by atoms with van der Waals surface area (Å²) in [6, 6.07) is 0. The second kappa shape index (κ2) is 7.59. The van der Waals surface area contributed by atoms with Crippen LogP contribution >= 0.6 is 15.2 Å². The molecule has 0 bridgehead atoms.